The van der Waals surface area contributed by atoms with Crippen LogP contribution in [-0.2, 0) is 11.2 Å². The Morgan fingerprint density at radius 3 is 2.41 bits per heavy atom. The van der Waals surface area contributed by atoms with Crippen LogP contribution in [0, 0.1) is 5.92 Å². The molecule has 1 saturated heterocycles. The van der Waals surface area contributed by atoms with Crippen molar-refractivity contribution >= 4 is 35.6 Å². The maximum Gasteiger partial charge on any atom is 0.193 e. The molecule has 2 rings (SSSR count). The van der Waals surface area contributed by atoms with E-state index < -0.39 is 0 Å². The van der Waals surface area contributed by atoms with Crippen molar-refractivity contribution in [1.29, 1.82) is 0 Å². The number of anilines is 1. The summed E-state index contributed by atoms with van der Waals surface area (Å²) in [4.78, 5) is 9.22. The lowest BCUT2D eigenvalue weighted by Crippen LogP contribution is -2.40. The number of hydrogen-bond acceptors (Lipinski definition) is 3. The predicted molar refractivity (Wildman–Crippen MR) is 127 cm³/mol. The van der Waals surface area contributed by atoms with Gasteiger partial charge in [-0.15, -0.1) is 24.0 Å². The fourth-order valence-electron chi connectivity index (χ4n) is 3.24. The van der Waals surface area contributed by atoms with Crippen molar-refractivity contribution in [3.05, 3.63) is 29.8 Å². The number of ether oxygens (including phenoxy) is 1. The number of benzene rings is 1. The number of halogens is 1. The van der Waals surface area contributed by atoms with Crippen molar-refractivity contribution in [1.82, 2.24) is 10.2 Å². The van der Waals surface area contributed by atoms with Crippen LogP contribution in [0.1, 0.15) is 31.7 Å². The molecule has 1 N–H and O–H groups in total. The van der Waals surface area contributed by atoms with E-state index in [1.165, 1.54) is 30.5 Å². The molecule has 1 aromatic rings. The zero-order valence-corrected chi connectivity index (χ0v) is 19.7. The highest BCUT2D eigenvalue weighted by molar-refractivity contribution is 14.0. The van der Waals surface area contributed by atoms with Crippen LogP contribution in [0.3, 0.4) is 0 Å². The van der Waals surface area contributed by atoms with E-state index in [1.54, 1.807) is 0 Å². The fraction of sp³-hybridized carbons (Fsp3) is 0.667. The van der Waals surface area contributed by atoms with Crippen LogP contribution in [0.5, 0.6) is 0 Å². The third kappa shape index (κ3) is 8.68. The van der Waals surface area contributed by atoms with Gasteiger partial charge in [0.15, 0.2) is 5.96 Å². The summed E-state index contributed by atoms with van der Waals surface area (Å²) in [5.41, 5.74) is 2.57. The van der Waals surface area contributed by atoms with E-state index in [-0.39, 0.29) is 24.0 Å². The molecule has 1 fully saturated rings. The van der Waals surface area contributed by atoms with E-state index in [1.807, 2.05) is 0 Å². The average molecular weight is 488 g/mol. The summed E-state index contributed by atoms with van der Waals surface area (Å²) in [6.45, 7) is 6.74. The van der Waals surface area contributed by atoms with Gasteiger partial charge in [0.05, 0.1) is 0 Å². The predicted octanol–water partition coefficient (Wildman–Crippen LogP) is 3.63. The number of hydrogen-bond donors (Lipinski definition) is 1. The third-order valence-corrected chi connectivity index (χ3v) is 5.02. The van der Waals surface area contributed by atoms with Crippen molar-refractivity contribution in [2.24, 2.45) is 10.9 Å². The number of rotatable bonds is 8. The molecule has 0 radical (unpaired) electrons. The van der Waals surface area contributed by atoms with Gasteiger partial charge in [-0.05, 0) is 56.2 Å². The number of aliphatic imine (C=N–C) groups is 1. The zero-order chi connectivity index (χ0) is 18.8. The molecular formula is C21H37IN4O. The molecule has 0 saturated carbocycles. The van der Waals surface area contributed by atoms with Gasteiger partial charge in [0.1, 0.15) is 0 Å². The van der Waals surface area contributed by atoms with Gasteiger partial charge in [-0.3, -0.25) is 4.99 Å². The molecule has 27 heavy (non-hydrogen) atoms. The van der Waals surface area contributed by atoms with Gasteiger partial charge in [0, 0.05) is 59.7 Å². The zero-order valence-electron chi connectivity index (χ0n) is 17.4. The van der Waals surface area contributed by atoms with Crippen LogP contribution in [0.25, 0.3) is 0 Å². The molecule has 1 aliphatic rings. The lowest BCUT2D eigenvalue weighted by molar-refractivity contribution is 0.0625. The van der Waals surface area contributed by atoms with Crippen molar-refractivity contribution in [2.75, 3.05) is 58.9 Å². The Hall–Kier alpha value is -1.02. The first-order valence-electron chi connectivity index (χ1n) is 9.93. The molecule has 1 aliphatic heterocycles. The third-order valence-electron chi connectivity index (χ3n) is 5.02. The Balaban J connectivity index is 0.00000364. The summed E-state index contributed by atoms with van der Waals surface area (Å²) in [5.74, 6) is 1.81. The molecule has 0 aliphatic carbocycles. The van der Waals surface area contributed by atoms with E-state index in [9.17, 15) is 0 Å². The molecule has 154 valence electrons. The molecule has 6 heteroatoms. The summed E-state index contributed by atoms with van der Waals surface area (Å²) >= 11 is 0. The molecule has 5 nitrogen and oxygen atoms in total. The molecular weight excluding hydrogens is 451 g/mol. The van der Waals surface area contributed by atoms with Crippen LogP contribution in [0.2, 0.25) is 0 Å². The van der Waals surface area contributed by atoms with Crippen molar-refractivity contribution < 1.29 is 4.74 Å². The van der Waals surface area contributed by atoms with Crippen LogP contribution >= 0.6 is 24.0 Å². The van der Waals surface area contributed by atoms with Gasteiger partial charge in [-0.1, -0.05) is 12.1 Å². The highest BCUT2D eigenvalue weighted by Crippen LogP contribution is 2.18. The summed E-state index contributed by atoms with van der Waals surface area (Å²) in [5, 5.41) is 3.43. The Morgan fingerprint density at radius 1 is 1.15 bits per heavy atom. The van der Waals surface area contributed by atoms with E-state index in [0.717, 1.165) is 51.1 Å². The fourth-order valence-corrected chi connectivity index (χ4v) is 3.24. The van der Waals surface area contributed by atoms with Gasteiger partial charge >= 0.3 is 0 Å². The maximum absolute atomic E-state index is 5.46. The number of guanidine groups is 1. The Kier molecular flexibility index (Phi) is 11.7. The van der Waals surface area contributed by atoms with Crippen molar-refractivity contribution in [3.63, 3.8) is 0 Å². The lowest BCUT2D eigenvalue weighted by atomic mass is 9.96. The highest BCUT2D eigenvalue weighted by Gasteiger charge is 2.15. The first kappa shape index (κ1) is 24.0. The molecule has 1 heterocycles. The maximum atomic E-state index is 5.46. The van der Waals surface area contributed by atoms with Gasteiger partial charge in [-0.25, -0.2) is 0 Å². The molecule has 0 amide bonds. The Bertz CT molecular complexity index is 542. The largest absolute Gasteiger partial charge is 0.381 e. The van der Waals surface area contributed by atoms with E-state index >= 15 is 0 Å². The average Bonchev–Trinajstić information content (AvgIpc) is 2.66. The molecule has 1 aromatic carbocycles. The smallest absolute Gasteiger partial charge is 0.193 e. The van der Waals surface area contributed by atoms with Crippen LogP contribution in [0.15, 0.2) is 29.3 Å². The summed E-state index contributed by atoms with van der Waals surface area (Å²) in [6.07, 6.45) is 4.58. The summed E-state index contributed by atoms with van der Waals surface area (Å²) in [6, 6.07) is 8.74. The first-order chi connectivity index (χ1) is 12.6. The molecule has 0 unspecified atom stereocenters. The quantitative estimate of drug-likeness (QED) is 0.345. The number of nitrogens with one attached hydrogen (secondary N) is 1. The van der Waals surface area contributed by atoms with Gasteiger partial charge in [0.25, 0.3) is 0 Å². The second kappa shape index (κ2) is 13.2. The normalized spacial score (nSPS) is 15.2. The van der Waals surface area contributed by atoms with Crippen LogP contribution in [-0.4, -0.2) is 64.9 Å². The highest BCUT2D eigenvalue weighted by atomic mass is 127. The molecule has 0 aromatic heterocycles. The molecule has 0 atom stereocenters. The molecule has 0 spiro atoms. The van der Waals surface area contributed by atoms with Gasteiger partial charge in [0.2, 0.25) is 0 Å². The second-order valence-electron chi connectivity index (χ2n) is 7.31. The van der Waals surface area contributed by atoms with E-state index in [0.29, 0.717) is 0 Å². The van der Waals surface area contributed by atoms with Crippen molar-refractivity contribution in [3.8, 4) is 0 Å². The summed E-state index contributed by atoms with van der Waals surface area (Å²) in [7, 11) is 6.28. The minimum Gasteiger partial charge on any atom is -0.381 e. The lowest BCUT2D eigenvalue weighted by Gasteiger charge is -2.26. The Labute approximate surface area is 182 Å². The topological polar surface area (TPSA) is 40.1 Å². The minimum absolute atomic E-state index is 0. The van der Waals surface area contributed by atoms with Crippen LogP contribution < -0.4 is 10.2 Å². The van der Waals surface area contributed by atoms with Gasteiger partial charge in [-0.2, -0.15) is 0 Å². The second-order valence-corrected chi connectivity index (χ2v) is 7.31. The number of nitrogens with zero attached hydrogens (tertiary/aromatic N) is 3. The van der Waals surface area contributed by atoms with Gasteiger partial charge < -0.3 is 19.9 Å². The summed E-state index contributed by atoms with van der Waals surface area (Å²) < 4.78 is 5.46. The SMILES string of the molecule is CCNC(=NCCc1ccc(N(C)C)cc1)N(C)CCC1CCOCC1.I. The van der Waals surface area contributed by atoms with Crippen molar-refractivity contribution in [2.45, 2.75) is 32.6 Å². The first-order valence-corrected chi connectivity index (χ1v) is 9.93. The van der Waals surface area contributed by atoms with Crippen LogP contribution in [0.4, 0.5) is 5.69 Å². The standard InChI is InChI=1S/C21H36N4O.HI/c1-5-22-21(25(4)15-11-19-12-16-26-17-13-19)23-14-10-18-6-8-20(9-7-18)24(2)3;/h6-9,19H,5,10-17H2,1-4H3,(H,22,23);1H. The van der Waals surface area contributed by atoms with E-state index in [4.69, 9.17) is 9.73 Å². The minimum atomic E-state index is 0. The monoisotopic (exact) mass is 488 g/mol. The molecule has 0 bridgehead atoms. The van der Waals surface area contributed by atoms with E-state index in [2.05, 4.69) is 67.4 Å². The Morgan fingerprint density at radius 2 is 1.81 bits per heavy atom.